The van der Waals surface area contributed by atoms with Gasteiger partial charge in [-0.25, -0.2) is 22.8 Å². The minimum atomic E-state index is -3.69. The fourth-order valence-electron chi connectivity index (χ4n) is 2.85. The van der Waals surface area contributed by atoms with E-state index in [1.807, 2.05) is 25.1 Å². The van der Waals surface area contributed by atoms with Gasteiger partial charge >= 0.3 is 0 Å². The van der Waals surface area contributed by atoms with Crippen molar-refractivity contribution in [2.75, 3.05) is 0 Å². The summed E-state index contributed by atoms with van der Waals surface area (Å²) in [6, 6.07) is 10.1. The smallest absolute Gasteiger partial charge is 0.250 e. The summed E-state index contributed by atoms with van der Waals surface area (Å²) in [5.41, 5.74) is 2.21. The van der Waals surface area contributed by atoms with Crippen LogP contribution in [0.25, 0.3) is 16.4 Å². The summed E-state index contributed by atoms with van der Waals surface area (Å²) in [6.45, 7) is 3.67. The maximum Gasteiger partial charge on any atom is 0.250 e. The van der Waals surface area contributed by atoms with Gasteiger partial charge in [-0.3, -0.25) is 0 Å². The second-order valence-electron chi connectivity index (χ2n) is 6.13. The molecule has 4 aromatic rings. The van der Waals surface area contributed by atoms with Crippen LogP contribution in [0.15, 0.2) is 63.8 Å². The van der Waals surface area contributed by atoms with Gasteiger partial charge in [0.05, 0.1) is 11.1 Å². The van der Waals surface area contributed by atoms with E-state index in [0.717, 1.165) is 27.5 Å². The van der Waals surface area contributed by atoms with Gasteiger partial charge in [-0.1, -0.05) is 11.2 Å². The van der Waals surface area contributed by atoms with Gasteiger partial charge in [-0.2, -0.15) is 5.10 Å². The Bertz CT molecular complexity index is 1180. The van der Waals surface area contributed by atoms with Crippen LogP contribution in [0.3, 0.4) is 0 Å². The molecule has 28 heavy (non-hydrogen) atoms. The Balaban J connectivity index is 1.56. The quantitative estimate of drug-likeness (QED) is 0.518. The van der Waals surface area contributed by atoms with Crippen molar-refractivity contribution in [3.05, 3.63) is 66.3 Å². The van der Waals surface area contributed by atoms with Crippen LogP contribution in [0.4, 0.5) is 0 Å². The maximum atomic E-state index is 12.8. The largest absolute Gasteiger partial charge is 0.364 e. The number of nitrogens with one attached hydrogen (secondary N) is 1. The molecule has 0 aliphatic heterocycles. The highest BCUT2D eigenvalue weighted by Crippen LogP contribution is 2.30. The van der Waals surface area contributed by atoms with Gasteiger partial charge in [0.15, 0.2) is 5.82 Å². The molecule has 10 heteroatoms. The van der Waals surface area contributed by atoms with Crippen molar-refractivity contribution in [1.82, 2.24) is 24.6 Å². The average molecular weight is 416 g/mol. The molecule has 1 unspecified atom stereocenters. The van der Waals surface area contributed by atoms with Gasteiger partial charge in [-0.15, -0.1) is 11.3 Å². The first-order chi connectivity index (χ1) is 13.5. The van der Waals surface area contributed by atoms with Crippen molar-refractivity contribution >= 4 is 21.4 Å². The summed E-state index contributed by atoms with van der Waals surface area (Å²) in [5.74, 6) is 0.678. The van der Waals surface area contributed by atoms with Crippen molar-refractivity contribution < 1.29 is 12.9 Å². The summed E-state index contributed by atoms with van der Waals surface area (Å²) >= 11 is 1.14. The fourth-order valence-corrected chi connectivity index (χ4v) is 5.36. The van der Waals surface area contributed by atoms with E-state index in [1.165, 1.54) is 6.26 Å². The third-order valence-electron chi connectivity index (χ3n) is 4.25. The topological polar surface area (TPSA) is 103 Å². The molecule has 0 saturated heterocycles. The van der Waals surface area contributed by atoms with Gasteiger partial charge < -0.3 is 4.52 Å². The Hall–Kier alpha value is -2.82. The Labute approximate surface area is 165 Å². The number of hydrogen-bond donors (Lipinski definition) is 1. The van der Waals surface area contributed by atoms with E-state index in [0.29, 0.717) is 11.5 Å². The van der Waals surface area contributed by atoms with Crippen LogP contribution >= 0.6 is 11.3 Å². The van der Waals surface area contributed by atoms with E-state index in [2.05, 4.69) is 20.0 Å². The highest BCUT2D eigenvalue weighted by molar-refractivity contribution is 7.91. The van der Waals surface area contributed by atoms with Gasteiger partial charge in [0.1, 0.15) is 16.2 Å². The first-order valence-electron chi connectivity index (χ1n) is 8.44. The molecule has 1 N–H and O–H groups in total. The van der Waals surface area contributed by atoms with Crippen LogP contribution in [0.2, 0.25) is 0 Å². The second-order valence-corrected chi connectivity index (χ2v) is 9.16. The molecule has 0 saturated carbocycles. The van der Waals surface area contributed by atoms with Crippen LogP contribution in [0.1, 0.15) is 24.2 Å². The first kappa shape index (κ1) is 18.5. The molecule has 4 heterocycles. The molecule has 0 bridgehead atoms. The average Bonchev–Trinajstić information content (AvgIpc) is 3.42. The van der Waals surface area contributed by atoms with Crippen molar-refractivity contribution in [3.8, 4) is 16.4 Å². The Kier molecular flexibility index (Phi) is 4.84. The van der Waals surface area contributed by atoms with Crippen LogP contribution in [0, 0.1) is 6.92 Å². The summed E-state index contributed by atoms with van der Waals surface area (Å²) in [7, 11) is -3.69. The SMILES string of the molecule is Cc1c(C(C)NS(=O)(=O)c2ccc(-c3ccon3)s2)cnn1-c1ccccn1. The van der Waals surface area contributed by atoms with Crippen molar-refractivity contribution in [2.24, 2.45) is 0 Å². The second kappa shape index (κ2) is 7.30. The Morgan fingerprint density at radius 1 is 1.21 bits per heavy atom. The lowest BCUT2D eigenvalue weighted by molar-refractivity contribution is 0.422. The standard InChI is InChI=1S/C18H17N5O3S2/c1-12(14-11-20-23(13(14)2)17-5-3-4-9-19-17)22-28(24,25)18-7-6-16(27-18)15-8-10-26-21-15/h3-12,22H,1-2H3. The monoisotopic (exact) mass is 415 g/mol. The molecule has 0 fully saturated rings. The predicted octanol–water partition coefficient (Wildman–Crippen LogP) is 3.33. The summed E-state index contributed by atoms with van der Waals surface area (Å²) in [5, 5.41) is 8.19. The molecule has 0 aliphatic carbocycles. The fraction of sp³-hybridized carbons (Fsp3) is 0.167. The molecular formula is C18H17N5O3S2. The van der Waals surface area contributed by atoms with E-state index < -0.39 is 16.1 Å². The van der Waals surface area contributed by atoms with Crippen LogP contribution in [-0.2, 0) is 10.0 Å². The Morgan fingerprint density at radius 3 is 2.79 bits per heavy atom. The van der Waals surface area contributed by atoms with Crippen molar-refractivity contribution in [1.29, 1.82) is 0 Å². The van der Waals surface area contributed by atoms with E-state index in [4.69, 9.17) is 4.52 Å². The maximum absolute atomic E-state index is 12.8. The summed E-state index contributed by atoms with van der Waals surface area (Å²) in [6.07, 6.45) is 4.80. The lowest BCUT2D eigenvalue weighted by Crippen LogP contribution is -2.26. The highest BCUT2D eigenvalue weighted by atomic mass is 32.2. The molecule has 4 rings (SSSR count). The lowest BCUT2D eigenvalue weighted by Gasteiger charge is -2.13. The van der Waals surface area contributed by atoms with E-state index >= 15 is 0 Å². The molecule has 144 valence electrons. The van der Waals surface area contributed by atoms with Crippen LogP contribution in [0.5, 0.6) is 0 Å². The number of nitrogens with zero attached hydrogens (tertiary/aromatic N) is 4. The molecule has 0 spiro atoms. The van der Waals surface area contributed by atoms with Crippen molar-refractivity contribution in [3.63, 3.8) is 0 Å². The minimum Gasteiger partial charge on any atom is -0.364 e. The molecule has 1 atom stereocenters. The number of rotatable bonds is 6. The third kappa shape index (κ3) is 3.49. The number of aromatic nitrogens is 4. The molecule has 0 aliphatic rings. The molecule has 0 aromatic carbocycles. The number of hydrogen-bond acceptors (Lipinski definition) is 7. The van der Waals surface area contributed by atoms with E-state index in [9.17, 15) is 8.42 Å². The number of thiophene rings is 1. The zero-order valence-electron chi connectivity index (χ0n) is 15.1. The number of sulfonamides is 1. The van der Waals surface area contributed by atoms with Gasteiger partial charge in [0.25, 0.3) is 10.0 Å². The van der Waals surface area contributed by atoms with Crippen LogP contribution in [-0.4, -0.2) is 28.3 Å². The van der Waals surface area contributed by atoms with Crippen LogP contribution < -0.4 is 4.72 Å². The third-order valence-corrected chi connectivity index (χ3v) is 7.39. The molecule has 0 amide bonds. The van der Waals surface area contributed by atoms with E-state index in [-0.39, 0.29) is 4.21 Å². The molecule has 4 aromatic heterocycles. The first-order valence-corrected chi connectivity index (χ1v) is 10.7. The number of pyridine rings is 1. The molecule has 0 radical (unpaired) electrons. The van der Waals surface area contributed by atoms with Gasteiger partial charge in [0, 0.05) is 29.6 Å². The van der Waals surface area contributed by atoms with Gasteiger partial charge in [-0.05, 0) is 38.1 Å². The normalized spacial score (nSPS) is 12.9. The highest BCUT2D eigenvalue weighted by Gasteiger charge is 2.23. The molecule has 8 nitrogen and oxygen atoms in total. The minimum absolute atomic E-state index is 0.215. The predicted molar refractivity (Wildman–Crippen MR) is 105 cm³/mol. The lowest BCUT2D eigenvalue weighted by atomic mass is 10.1. The summed E-state index contributed by atoms with van der Waals surface area (Å²) < 4.78 is 35.0. The zero-order valence-corrected chi connectivity index (χ0v) is 16.7. The van der Waals surface area contributed by atoms with E-state index in [1.54, 1.807) is 42.2 Å². The van der Waals surface area contributed by atoms with Gasteiger partial charge in [0.2, 0.25) is 0 Å². The summed E-state index contributed by atoms with van der Waals surface area (Å²) in [4.78, 5) is 5.00. The zero-order chi connectivity index (χ0) is 19.7. The molecular weight excluding hydrogens is 398 g/mol. The van der Waals surface area contributed by atoms with Crippen molar-refractivity contribution in [2.45, 2.75) is 24.1 Å². The Morgan fingerprint density at radius 2 is 2.07 bits per heavy atom.